The normalized spacial score (nSPS) is 10.3. The number of benzene rings is 2. The fourth-order valence-corrected chi connectivity index (χ4v) is 2.96. The van der Waals surface area contributed by atoms with E-state index in [-0.39, 0.29) is 0 Å². The first-order valence-electron chi connectivity index (χ1n) is 4.75. The average molecular weight is 326 g/mol. The van der Waals surface area contributed by atoms with Crippen molar-refractivity contribution >= 4 is 34.4 Å². The summed E-state index contributed by atoms with van der Waals surface area (Å²) in [4.78, 5) is 2.66. The van der Waals surface area contributed by atoms with Gasteiger partial charge in [0.1, 0.15) is 0 Å². The number of hydrogen-bond acceptors (Lipinski definition) is 1. The molecule has 0 unspecified atom stereocenters. The third kappa shape index (κ3) is 2.75. The molecule has 0 aliphatic rings. The van der Waals surface area contributed by atoms with Gasteiger partial charge in [0.25, 0.3) is 0 Å². The van der Waals surface area contributed by atoms with Gasteiger partial charge in [-0.1, -0.05) is 42.1 Å². The van der Waals surface area contributed by atoms with Crippen LogP contribution >= 0.6 is 34.4 Å². The first-order valence-corrected chi connectivity index (χ1v) is 6.65. The zero-order valence-corrected chi connectivity index (χ0v) is 11.4. The maximum Gasteiger partial charge on any atom is 0.0269 e. The highest BCUT2D eigenvalue weighted by Gasteiger charge is 2.02. The third-order valence-electron chi connectivity index (χ3n) is 2.15. The Bertz CT molecular complexity index is 422. The summed E-state index contributed by atoms with van der Waals surface area (Å²) < 4.78 is 1.31. The Morgan fingerprint density at radius 1 is 0.867 bits per heavy atom. The summed E-state index contributed by atoms with van der Waals surface area (Å²) in [6, 6.07) is 17.0. The summed E-state index contributed by atoms with van der Waals surface area (Å²) in [5, 5.41) is 0. The van der Waals surface area contributed by atoms with Gasteiger partial charge in [0.15, 0.2) is 0 Å². The van der Waals surface area contributed by atoms with Crippen LogP contribution in [-0.2, 0) is 0 Å². The SMILES string of the molecule is Cc1ccccc1Sc1ccccc1I. The molecule has 0 radical (unpaired) electrons. The van der Waals surface area contributed by atoms with Crippen molar-refractivity contribution in [2.24, 2.45) is 0 Å². The number of halogens is 1. The van der Waals surface area contributed by atoms with Crippen LogP contribution in [0.3, 0.4) is 0 Å². The van der Waals surface area contributed by atoms with Gasteiger partial charge in [-0.15, -0.1) is 0 Å². The highest BCUT2D eigenvalue weighted by atomic mass is 127. The van der Waals surface area contributed by atoms with E-state index in [4.69, 9.17) is 0 Å². The predicted molar refractivity (Wildman–Crippen MR) is 74.5 cm³/mol. The van der Waals surface area contributed by atoms with E-state index in [1.807, 2.05) is 11.8 Å². The molecular weight excluding hydrogens is 315 g/mol. The van der Waals surface area contributed by atoms with Gasteiger partial charge < -0.3 is 0 Å². The topological polar surface area (TPSA) is 0 Å². The Morgan fingerprint density at radius 2 is 1.47 bits per heavy atom. The van der Waals surface area contributed by atoms with Gasteiger partial charge in [-0.2, -0.15) is 0 Å². The zero-order chi connectivity index (χ0) is 10.7. The van der Waals surface area contributed by atoms with Crippen molar-refractivity contribution in [1.29, 1.82) is 0 Å². The van der Waals surface area contributed by atoms with Gasteiger partial charge in [0.05, 0.1) is 0 Å². The molecule has 2 rings (SSSR count). The molecule has 0 nitrogen and oxygen atoms in total. The Kier molecular flexibility index (Phi) is 3.70. The highest BCUT2D eigenvalue weighted by Crippen LogP contribution is 2.32. The van der Waals surface area contributed by atoms with Crippen LogP contribution in [0.4, 0.5) is 0 Å². The maximum absolute atomic E-state index is 2.38. The third-order valence-corrected chi connectivity index (χ3v) is 4.71. The smallest absolute Gasteiger partial charge is 0.0269 e. The highest BCUT2D eigenvalue weighted by molar-refractivity contribution is 14.1. The molecule has 76 valence electrons. The molecular formula is C13H11IS. The summed E-state index contributed by atoms with van der Waals surface area (Å²) in [5.74, 6) is 0. The van der Waals surface area contributed by atoms with E-state index >= 15 is 0 Å². The summed E-state index contributed by atoms with van der Waals surface area (Å²) in [6.45, 7) is 2.15. The van der Waals surface area contributed by atoms with Crippen LogP contribution in [-0.4, -0.2) is 0 Å². The van der Waals surface area contributed by atoms with Gasteiger partial charge >= 0.3 is 0 Å². The predicted octanol–water partition coefficient (Wildman–Crippen LogP) is 4.75. The minimum absolute atomic E-state index is 1.31. The summed E-state index contributed by atoms with van der Waals surface area (Å²) in [7, 11) is 0. The number of rotatable bonds is 2. The standard InChI is InChI=1S/C13H11IS/c1-10-6-2-4-8-12(10)15-13-9-5-3-7-11(13)14/h2-9H,1H3. The van der Waals surface area contributed by atoms with Crippen molar-refractivity contribution in [3.63, 3.8) is 0 Å². The molecule has 0 saturated carbocycles. The fraction of sp³-hybridized carbons (Fsp3) is 0.0769. The largest absolute Gasteiger partial charge is 0.0887 e. The van der Waals surface area contributed by atoms with Crippen molar-refractivity contribution in [2.45, 2.75) is 16.7 Å². The molecule has 0 atom stereocenters. The van der Waals surface area contributed by atoms with Gasteiger partial charge in [0.2, 0.25) is 0 Å². The molecule has 0 saturated heterocycles. The Labute approximate surface area is 108 Å². The molecule has 2 aromatic carbocycles. The zero-order valence-electron chi connectivity index (χ0n) is 8.41. The van der Waals surface area contributed by atoms with Crippen molar-refractivity contribution in [2.75, 3.05) is 0 Å². The second-order valence-corrected chi connectivity index (χ2v) is 5.54. The molecule has 0 bridgehead atoms. The van der Waals surface area contributed by atoms with Gasteiger partial charge in [-0.3, -0.25) is 0 Å². The van der Waals surface area contributed by atoms with Crippen molar-refractivity contribution < 1.29 is 0 Å². The molecule has 2 aromatic rings. The minimum atomic E-state index is 1.31. The van der Waals surface area contributed by atoms with Crippen LogP contribution in [0.2, 0.25) is 0 Å². The van der Waals surface area contributed by atoms with E-state index in [0.29, 0.717) is 0 Å². The van der Waals surface area contributed by atoms with Gasteiger partial charge in [-0.05, 0) is 53.3 Å². The first-order chi connectivity index (χ1) is 7.27. The van der Waals surface area contributed by atoms with Crippen molar-refractivity contribution in [3.05, 3.63) is 57.7 Å². The summed E-state index contributed by atoms with van der Waals surface area (Å²) >= 11 is 4.21. The Balaban J connectivity index is 2.30. The Morgan fingerprint density at radius 3 is 2.13 bits per heavy atom. The lowest BCUT2D eigenvalue weighted by molar-refractivity contribution is 1.29. The molecule has 0 spiro atoms. The number of aryl methyl sites for hydroxylation is 1. The van der Waals surface area contributed by atoms with Crippen LogP contribution in [0.15, 0.2) is 58.3 Å². The molecule has 0 aromatic heterocycles. The second-order valence-electron chi connectivity index (χ2n) is 3.30. The molecule has 0 amide bonds. The molecule has 0 heterocycles. The van der Waals surface area contributed by atoms with Crippen molar-refractivity contribution in [3.8, 4) is 0 Å². The van der Waals surface area contributed by atoms with E-state index < -0.39 is 0 Å². The quantitative estimate of drug-likeness (QED) is 0.718. The van der Waals surface area contributed by atoms with Crippen LogP contribution < -0.4 is 0 Å². The lowest BCUT2D eigenvalue weighted by atomic mass is 10.2. The van der Waals surface area contributed by atoms with Gasteiger partial charge in [-0.25, -0.2) is 0 Å². The molecule has 2 heteroatoms. The van der Waals surface area contributed by atoms with E-state index in [0.717, 1.165) is 0 Å². The van der Waals surface area contributed by atoms with E-state index in [1.165, 1.54) is 18.9 Å². The van der Waals surface area contributed by atoms with Crippen LogP contribution in [0.25, 0.3) is 0 Å². The summed E-state index contributed by atoms with van der Waals surface area (Å²) in [6.07, 6.45) is 0. The fourth-order valence-electron chi connectivity index (χ4n) is 1.32. The lowest BCUT2D eigenvalue weighted by Gasteiger charge is -2.06. The minimum Gasteiger partial charge on any atom is -0.0887 e. The molecule has 15 heavy (non-hydrogen) atoms. The van der Waals surface area contributed by atoms with Crippen LogP contribution in [0.5, 0.6) is 0 Å². The van der Waals surface area contributed by atoms with E-state index in [2.05, 4.69) is 78.0 Å². The van der Waals surface area contributed by atoms with Crippen molar-refractivity contribution in [1.82, 2.24) is 0 Å². The Hall–Kier alpha value is -0.480. The van der Waals surface area contributed by atoms with E-state index in [9.17, 15) is 0 Å². The van der Waals surface area contributed by atoms with Crippen LogP contribution in [0, 0.1) is 10.5 Å². The van der Waals surface area contributed by atoms with E-state index in [1.54, 1.807) is 0 Å². The van der Waals surface area contributed by atoms with Gasteiger partial charge in [0, 0.05) is 13.4 Å². The second kappa shape index (κ2) is 5.03. The molecule has 0 fully saturated rings. The first kappa shape index (κ1) is 11.0. The average Bonchev–Trinajstić information content (AvgIpc) is 2.24. The monoisotopic (exact) mass is 326 g/mol. The lowest BCUT2D eigenvalue weighted by Crippen LogP contribution is -1.81. The molecule has 0 aliphatic carbocycles. The molecule has 0 aliphatic heterocycles. The maximum atomic E-state index is 2.38. The summed E-state index contributed by atoms with van der Waals surface area (Å²) in [5.41, 5.74) is 1.34. The molecule has 0 N–H and O–H groups in total. The van der Waals surface area contributed by atoms with Crippen LogP contribution in [0.1, 0.15) is 5.56 Å². The number of hydrogen-bond donors (Lipinski definition) is 0.